The maximum atomic E-state index is 11.9. The molecule has 2 aromatic rings. The molecule has 1 aliphatic rings. The highest BCUT2D eigenvalue weighted by Gasteiger charge is 2.28. The van der Waals surface area contributed by atoms with Crippen LogP contribution in [-0.2, 0) is 4.79 Å². The Morgan fingerprint density at radius 1 is 1.43 bits per heavy atom. The number of hydrogen-bond donors (Lipinski definition) is 1. The molecule has 3 rings (SSSR count). The third kappa shape index (κ3) is 3.67. The highest BCUT2D eigenvalue weighted by atomic mass is 35.5. The molecule has 122 valence electrons. The molecule has 1 aliphatic carbocycles. The molecule has 1 aromatic carbocycles. The molecule has 0 saturated heterocycles. The average Bonchev–Trinajstić information content (AvgIpc) is 3.30. The lowest BCUT2D eigenvalue weighted by molar-refractivity contribution is -0.123. The van der Waals surface area contributed by atoms with Gasteiger partial charge in [0.05, 0.1) is 5.02 Å². The van der Waals surface area contributed by atoms with Crippen LogP contribution < -0.4 is 15.7 Å². The number of benzene rings is 1. The Bertz CT molecular complexity index is 810. The van der Waals surface area contributed by atoms with Gasteiger partial charge in [0, 0.05) is 23.6 Å². The molecule has 0 spiro atoms. The quantitative estimate of drug-likeness (QED) is 0.853. The molecule has 0 unspecified atom stereocenters. The molecular weight excluding hydrogens is 318 g/mol. The molecule has 0 bridgehead atoms. The van der Waals surface area contributed by atoms with E-state index < -0.39 is 5.63 Å². The van der Waals surface area contributed by atoms with E-state index in [0.717, 1.165) is 23.8 Å². The SMILES string of the molecule is Cc1cc(=O)oc2cc(OCC(=O)N[C@H](C)C3CC3)c(Cl)cc12. The monoisotopic (exact) mass is 335 g/mol. The molecule has 1 heterocycles. The number of ether oxygens (including phenoxy) is 1. The van der Waals surface area contributed by atoms with E-state index in [-0.39, 0.29) is 18.6 Å². The van der Waals surface area contributed by atoms with Crippen LogP contribution in [0.25, 0.3) is 11.0 Å². The van der Waals surface area contributed by atoms with Gasteiger partial charge in [0.1, 0.15) is 11.3 Å². The lowest BCUT2D eigenvalue weighted by Gasteiger charge is -2.14. The summed E-state index contributed by atoms with van der Waals surface area (Å²) in [6.07, 6.45) is 2.33. The zero-order chi connectivity index (χ0) is 16.6. The van der Waals surface area contributed by atoms with Gasteiger partial charge in [0.25, 0.3) is 5.91 Å². The van der Waals surface area contributed by atoms with E-state index in [1.54, 1.807) is 12.1 Å². The van der Waals surface area contributed by atoms with Gasteiger partial charge in [-0.2, -0.15) is 0 Å². The van der Waals surface area contributed by atoms with Gasteiger partial charge >= 0.3 is 5.63 Å². The van der Waals surface area contributed by atoms with Gasteiger partial charge in [0.2, 0.25) is 0 Å². The van der Waals surface area contributed by atoms with E-state index in [9.17, 15) is 9.59 Å². The van der Waals surface area contributed by atoms with Crippen molar-refractivity contribution < 1.29 is 13.9 Å². The van der Waals surface area contributed by atoms with Crippen LogP contribution in [0.1, 0.15) is 25.3 Å². The molecule has 1 saturated carbocycles. The summed E-state index contributed by atoms with van der Waals surface area (Å²) in [6.45, 7) is 3.68. The van der Waals surface area contributed by atoms with Crippen molar-refractivity contribution >= 4 is 28.5 Å². The normalized spacial score (nSPS) is 15.4. The van der Waals surface area contributed by atoms with E-state index >= 15 is 0 Å². The fourth-order valence-electron chi connectivity index (χ4n) is 2.58. The number of fused-ring (bicyclic) bond motifs is 1. The van der Waals surface area contributed by atoms with Crippen LogP contribution in [0.5, 0.6) is 5.75 Å². The van der Waals surface area contributed by atoms with Crippen LogP contribution in [0, 0.1) is 12.8 Å². The number of amides is 1. The Morgan fingerprint density at radius 3 is 2.87 bits per heavy atom. The minimum absolute atomic E-state index is 0.127. The number of carbonyl (C=O) groups excluding carboxylic acids is 1. The lowest BCUT2D eigenvalue weighted by atomic mass is 10.1. The highest BCUT2D eigenvalue weighted by Crippen LogP contribution is 2.32. The smallest absolute Gasteiger partial charge is 0.336 e. The molecule has 1 atom stereocenters. The minimum Gasteiger partial charge on any atom is -0.482 e. The van der Waals surface area contributed by atoms with Crippen molar-refractivity contribution in [2.75, 3.05) is 6.61 Å². The Labute approximate surface area is 138 Å². The standard InChI is InChI=1S/C17H18ClNO4/c1-9-5-17(21)23-14-7-15(13(18)6-12(9)14)22-8-16(20)19-10(2)11-3-4-11/h5-7,10-11H,3-4,8H2,1-2H3,(H,19,20)/t10-/m1/s1. The summed E-state index contributed by atoms with van der Waals surface area (Å²) in [4.78, 5) is 23.3. The maximum absolute atomic E-state index is 11.9. The van der Waals surface area contributed by atoms with Crippen LogP contribution in [0.3, 0.4) is 0 Å². The fraction of sp³-hybridized carbons (Fsp3) is 0.412. The van der Waals surface area contributed by atoms with E-state index in [0.29, 0.717) is 22.3 Å². The molecule has 0 aliphatic heterocycles. The lowest BCUT2D eigenvalue weighted by Crippen LogP contribution is -2.37. The molecule has 1 amide bonds. The molecule has 1 aromatic heterocycles. The van der Waals surface area contributed by atoms with Crippen LogP contribution >= 0.6 is 11.6 Å². The van der Waals surface area contributed by atoms with Gasteiger partial charge < -0.3 is 14.5 Å². The summed E-state index contributed by atoms with van der Waals surface area (Å²) in [6, 6.07) is 4.80. The molecule has 1 fully saturated rings. The number of hydrogen-bond acceptors (Lipinski definition) is 4. The average molecular weight is 336 g/mol. The molecule has 6 heteroatoms. The van der Waals surface area contributed by atoms with Crippen molar-refractivity contribution in [2.45, 2.75) is 32.7 Å². The first-order valence-corrected chi connectivity index (χ1v) is 7.98. The largest absolute Gasteiger partial charge is 0.482 e. The first-order chi connectivity index (χ1) is 10.9. The second-order valence-corrected chi connectivity index (χ2v) is 6.42. The van der Waals surface area contributed by atoms with Crippen molar-refractivity contribution in [1.82, 2.24) is 5.32 Å². The molecule has 23 heavy (non-hydrogen) atoms. The Balaban J connectivity index is 1.73. The Hall–Kier alpha value is -2.01. The van der Waals surface area contributed by atoms with Gasteiger partial charge in [-0.3, -0.25) is 4.79 Å². The van der Waals surface area contributed by atoms with Crippen LogP contribution in [0.2, 0.25) is 5.02 Å². The third-order valence-electron chi connectivity index (χ3n) is 4.08. The van der Waals surface area contributed by atoms with Crippen molar-refractivity contribution in [3.8, 4) is 5.75 Å². The predicted molar refractivity (Wildman–Crippen MR) is 88.1 cm³/mol. The summed E-state index contributed by atoms with van der Waals surface area (Å²) in [5.74, 6) is 0.717. The zero-order valence-electron chi connectivity index (χ0n) is 13.0. The third-order valence-corrected chi connectivity index (χ3v) is 4.38. The Morgan fingerprint density at radius 2 is 2.17 bits per heavy atom. The molecule has 0 radical (unpaired) electrons. The zero-order valence-corrected chi connectivity index (χ0v) is 13.8. The van der Waals surface area contributed by atoms with Gasteiger partial charge in [-0.25, -0.2) is 4.79 Å². The van der Waals surface area contributed by atoms with E-state index in [4.69, 9.17) is 20.8 Å². The minimum atomic E-state index is -0.431. The number of nitrogens with one attached hydrogen (secondary N) is 1. The second kappa shape index (κ2) is 6.24. The second-order valence-electron chi connectivity index (χ2n) is 6.01. The van der Waals surface area contributed by atoms with Crippen LogP contribution in [0.4, 0.5) is 0 Å². The van der Waals surface area contributed by atoms with E-state index in [2.05, 4.69) is 5.32 Å². The summed E-state index contributed by atoms with van der Waals surface area (Å²) in [7, 11) is 0. The number of halogens is 1. The number of aryl methyl sites for hydroxylation is 1. The van der Waals surface area contributed by atoms with Crippen LogP contribution in [0.15, 0.2) is 27.4 Å². The van der Waals surface area contributed by atoms with Crippen molar-refractivity contribution in [3.63, 3.8) is 0 Å². The van der Waals surface area contributed by atoms with Crippen LogP contribution in [-0.4, -0.2) is 18.6 Å². The van der Waals surface area contributed by atoms with Gasteiger partial charge in [-0.15, -0.1) is 0 Å². The molecule has 5 nitrogen and oxygen atoms in total. The fourth-order valence-corrected chi connectivity index (χ4v) is 2.80. The van der Waals surface area contributed by atoms with E-state index in [1.807, 2.05) is 13.8 Å². The molecular formula is C17H18ClNO4. The van der Waals surface area contributed by atoms with Gasteiger partial charge in [0.15, 0.2) is 6.61 Å². The van der Waals surface area contributed by atoms with Gasteiger partial charge in [-0.1, -0.05) is 11.6 Å². The molecule has 1 N–H and O–H groups in total. The van der Waals surface area contributed by atoms with E-state index in [1.165, 1.54) is 6.07 Å². The highest BCUT2D eigenvalue weighted by molar-refractivity contribution is 6.32. The van der Waals surface area contributed by atoms with Crippen molar-refractivity contribution in [2.24, 2.45) is 5.92 Å². The summed E-state index contributed by atoms with van der Waals surface area (Å²) >= 11 is 6.19. The Kier molecular flexibility index (Phi) is 4.31. The topological polar surface area (TPSA) is 68.5 Å². The summed E-state index contributed by atoms with van der Waals surface area (Å²) in [5, 5.41) is 4.02. The number of carbonyl (C=O) groups is 1. The summed E-state index contributed by atoms with van der Waals surface area (Å²) in [5.41, 5.74) is 0.737. The summed E-state index contributed by atoms with van der Waals surface area (Å²) < 4.78 is 10.6. The predicted octanol–water partition coefficient (Wildman–Crippen LogP) is 3.05. The van der Waals surface area contributed by atoms with Gasteiger partial charge in [-0.05, 0) is 44.2 Å². The number of rotatable bonds is 5. The van der Waals surface area contributed by atoms with Crippen molar-refractivity contribution in [1.29, 1.82) is 0 Å². The first-order valence-electron chi connectivity index (χ1n) is 7.60. The maximum Gasteiger partial charge on any atom is 0.336 e. The van der Waals surface area contributed by atoms with Crippen molar-refractivity contribution in [3.05, 3.63) is 39.2 Å². The first kappa shape index (κ1) is 15.9.